The van der Waals surface area contributed by atoms with Crippen molar-refractivity contribution in [2.24, 2.45) is 7.05 Å². The first-order chi connectivity index (χ1) is 10.8. The van der Waals surface area contributed by atoms with Gasteiger partial charge in [0.2, 0.25) is 5.91 Å². The smallest absolute Gasteiger partial charge is 0.247 e. The van der Waals surface area contributed by atoms with Crippen LogP contribution < -0.4 is 5.32 Å². The van der Waals surface area contributed by atoms with Crippen molar-refractivity contribution in [3.63, 3.8) is 0 Å². The monoisotopic (exact) mass is 313 g/mol. The number of hydrogen-bond donors (Lipinski definition) is 2. The number of carbonyl (C=O) groups excluding carboxylic acids is 1. The van der Waals surface area contributed by atoms with Crippen LogP contribution >= 0.6 is 0 Å². The van der Waals surface area contributed by atoms with E-state index in [4.69, 9.17) is 0 Å². The van der Waals surface area contributed by atoms with E-state index in [1.807, 2.05) is 37.3 Å². The molecule has 2 aromatic rings. The van der Waals surface area contributed by atoms with Crippen molar-refractivity contribution in [3.05, 3.63) is 58.9 Å². The molecule has 2 rings (SSSR count). The molecular weight excluding hydrogens is 290 g/mol. The van der Waals surface area contributed by atoms with Gasteiger partial charge in [-0.2, -0.15) is 5.10 Å². The fourth-order valence-corrected chi connectivity index (χ4v) is 2.17. The van der Waals surface area contributed by atoms with Crippen LogP contribution in [0.15, 0.2) is 42.2 Å². The number of amides is 1. The van der Waals surface area contributed by atoms with E-state index in [-0.39, 0.29) is 12.5 Å². The quantitative estimate of drug-likeness (QED) is 0.831. The molecule has 122 valence electrons. The fraction of sp³-hybridized carbons (Fsp3) is 0.333. The van der Waals surface area contributed by atoms with Crippen LogP contribution in [0.1, 0.15) is 30.5 Å². The first-order valence-electron chi connectivity index (χ1n) is 7.52. The number of rotatable bonds is 5. The highest BCUT2D eigenvalue weighted by atomic mass is 16.3. The third-order valence-corrected chi connectivity index (χ3v) is 3.74. The van der Waals surface area contributed by atoms with E-state index in [1.165, 1.54) is 5.56 Å². The molecule has 0 fully saturated rings. The zero-order chi connectivity index (χ0) is 17.0. The molecule has 1 aromatic carbocycles. The lowest BCUT2D eigenvalue weighted by molar-refractivity contribution is -0.118. The summed E-state index contributed by atoms with van der Waals surface area (Å²) in [5.74, 6) is -0.199. The van der Waals surface area contributed by atoms with Gasteiger partial charge in [0.25, 0.3) is 0 Å². The van der Waals surface area contributed by atoms with Crippen LogP contribution in [0.3, 0.4) is 0 Å². The van der Waals surface area contributed by atoms with Crippen molar-refractivity contribution in [1.29, 1.82) is 0 Å². The molecule has 0 spiro atoms. The molecule has 5 nitrogen and oxygen atoms in total. The molecule has 0 aliphatic rings. The van der Waals surface area contributed by atoms with Crippen molar-refractivity contribution in [2.45, 2.75) is 26.4 Å². The minimum Gasteiger partial charge on any atom is -0.383 e. The number of aliphatic hydroxyl groups is 1. The number of carbonyl (C=O) groups is 1. The van der Waals surface area contributed by atoms with Crippen LogP contribution in [0.5, 0.6) is 0 Å². The largest absolute Gasteiger partial charge is 0.383 e. The maximum atomic E-state index is 12.2. The zero-order valence-electron chi connectivity index (χ0n) is 14.0. The maximum Gasteiger partial charge on any atom is 0.247 e. The molecule has 2 N–H and O–H groups in total. The number of aryl methyl sites for hydroxylation is 2. The normalized spacial score (nSPS) is 14.4. The summed E-state index contributed by atoms with van der Waals surface area (Å²) in [6.07, 6.45) is 5.16. The molecule has 0 bridgehead atoms. The lowest BCUT2D eigenvalue weighted by atomic mass is 9.99. The number of nitrogens with one attached hydrogen (secondary N) is 1. The highest BCUT2D eigenvalue weighted by Crippen LogP contribution is 2.18. The molecule has 0 aliphatic heterocycles. The first kappa shape index (κ1) is 17.0. The van der Waals surface area contributed by atoms with E-state index in [0.29, 0.717) is 11.1 Å². The number of hydrogen-bond acceptors (Lipinski definition) is 3. The summed E-state index contributed by atoms with van der Waals surface area (Å²) in [7, 11) is 1.78. The molecule has 0 saturated carbocycles. The van der Waals surface area contributed by atoms with E-state index in [0.717, 1.165) is 5.56 Å². The SMILES string of the molecule is C/C(=C/c1ccc(C)cc1)C(=O)NCC(C)(O)c1cnn(C)c1. The Hall–Kier alpha value is -2.40. The van der Waals surface area contributed by atoms with E-state index < -0.39 is 5.60 Å². The van der Waals surface area contributed by atoms with Gasteiger partial charge in [0.05, 0.1) is 12.7 Å². The van der Waals surface area contributed by atoms with Gasteiger partial charge in [0.1, 0.15) is 5.60 Å². The number of aromatic nitrogens is 2. The summed E-state index contributed by atoms with van der Waals surface area (Å²) < 4.78 is 1.62. The third kappa shape index (κ3) is 4.53. The average molecular weight is 313 g/mol. The van der Waals surface area contributed by atoms with Gasteiger partial charge in [-0.15, -0.1) is 0 Å². The van der Waals surface area contributed by atoms with Gasteiger partial charge < -0.3 is 10.4 Å². The summed E-state index contributed by atoms with van der Waals surface area (Å²) in [5, 5.41) is 17.3. The number of benzene rings is 1. The van der Waals surface area contributed by atoms with Crippen LogP contribution in [0.4, 0.5) is 0 Å². The molecule has 1 unspecified atom stereocenters. The summed E-state index contributed by atoms with van der Waals surface area (Å²) in [5.41, 5.74) is 2.25. The Kier molecular flexibility index (Phi) is 5.01. The zero-order valence-corrected chi connectivity index (χ0v) is 14.0. The Morgan fingerprint density at radius 2 is 2.04 bits per heavy atom. The van der Waals surface area contributed by atoms with Gasteiger partial charge in [-0.05, 0) is 32.4 Å². The summed E-state index contributed by atoms with van der Waals surface area (Å²) >= 11 is 0. The average Bonchev–Trinajstić information content (AvgIpc) is 2.94. The second-order valence-corrected chi connectivity index (χ2v) is 6.10. The van der Waals surface area contributed by atoms with Crippen LogP contribution in [0.25, 0.3) is 6.08 Å². The van der Waals surface area contributed by atoms with Crippen molar-refractivity contribution in [2.75, 3.05) is 6.54 Å². The molecule has 5 heteroatoms. The van der Waals surface area contributed by atoms with Crippen LogP contribution in [-0.4, -0.2) is 27.3 Å². The van der Waals surface area contributed by atoms with E-state index in [1.54, 1.807) is 38.0 Å². The fourth-order valence-electron chi connectivity index (χ4n) is 2.17. The standard InChI is InChI=1S/C18H23N3O2/c1-13-5-7-15(8-6-13)9-14(2)17(22)19-12-18(3,23)16-10-20-21(4)11-16/h5-11,23H,12H2,1-4H3,(H,19,22)/b14-9-. The molecular formula is C18H23N3O2. The Labute approximate surface area is 136 Å². The van der Waals surface area contributed by atoms with Gasteiger partial charge >= 0.3 is 0 Å². The van der Waals surface area contributed by atoms with Gasteiger partial charge in [0.15, 0.2) is 0 Å². The summed E-state index contributed by atoms with van der Waals surface area (Å²) in [6.45, 7) is 5.56. The first-order valence-corrected chi connectivity index (χ1v) is 7.52. The molecule has 1 atom stereocenters. The van der Waals surface area contributed by atoms with E-state index in [2.05, 4.69) is 10.4 Å². The minimum absolute atomic E-state index is 0.122. The van der Waals surface area contributed by atoms with Crippen molar-refractivity contribution in [3.8, 4) is 0 Å². The van der Waals surface area contributed by atoms with Gasteiger partial charge in [-0.25, -0.2) is 0 Å². The molecule has 1 heterocycles. The molecule has 1 aromatic heterocycles. The lowest BCUT2D eigenvalue weighted by Gasteiger charge is -2.22. The van der Waals surface area contributed by atoms with Gasteiger partial charge in [-0.1, -0.05) is 29.8 Å². The molecule has 0 radical (unpaired) electrons. The maximum absolute atomic E-state index is 12.2. The van der Waals surface area contributed by atoms with Crippen molar-refractivity contribution in [1.82, 2.24) is 15.1 Å². The Bertz CT molecular complexity index is 712. The number of nitrogens with zero attached hydrogens (tertiary/aromatic N) is 2. The van der Waals surface area contributed by atoms with Crippen LogP contribution in [0, 0.1) is 6.92 Å². The lowest BCUT2D eigenvalue weighted by Crippen LogP contribution is -2.38. The molecule has 1 amide bonds. The third-order valence-electron chi connectivity index (χ3n) is 3.74. The topological polar surface area (TPSA) is 67.2 Å². The Morgan fingerprint density at radius 3 is 2.61 bits per heavy atom. The van der Waals surface area contributed by atoms with Crippen molar-refractivity contribution < 1.29 is 9.90 Å². The Balaban J connectivity index is 1.99. The molecule has 0 saturated heterocycles. The predicted molar refractivity (Wildman–Crippen MR) is 90.6 cm³/mol. The second kappa shape index (κ2) is 6.79. The summed E-state index contributed by atoms with van der Waals surface area (Å²) in [6, 6.07) is 7.95. The second-order valence-electron chi connectivity index (χ2n) is 6.10. The van der Waals surface area contributed by atoms with Crippen molar-refractivity contribution >= 4 is 12.0 Å². The highest BCUT2D eigenvalue weighted by molar-refractivity contribution is 5.97. The Morgan fingerprint density at radius 1 is 1.39 bits per heavy atom. The van der Waals surface area contributed by atoms with E-state index in [9.17, 15) is 9.90 Å². The summed E-state index contributed by atoms with van der Waals surface area (Å²) in [4.78, 5) is 12.2. The van der Waals surface area contributed by atoms with Gasteiger partial charge in [-0.3, -0.25) is 9.48 Å². The van der Waals surface area contributed by atoms with E-state index >= 15 is 0 Å². The highest BCUT2D eigenvalue weighted by Gasteiger charge is 2.25. The minimum atomic E-state index is -1.16. The molecule has 23 heavy (non-hydrogen) atoms. The molecule has 0 aliphatic carbocycles. The van der Waals surface area contributed by atoms with Crippen LogP contribution in [0.2, 0.25) is 0 Å². The predicted octanol–water partition coefficient (Wildman–Crippen LogP) is 2.16. The van der Waals surface area contributed by atoms with Crippen LogP contribution in [-0.2, 0) is 17.4 Å². The van der Waals surface area contributed by atoms with Gasteiger partial charge in [0, 0.05) is 24.4 Å².